The number of nitrogens with two attached hydrogens (primary N) is 1. The number of aromatic nitrogens is 4. The van der Waals surface area contributed by atoms with Gasteiger partial charge in [0, 0.05) is 50.8 Å². The van der Waals surface area contributed by atoms with E-state index in [1.165, 1.54) is 0 Å². The summed E-state index contributed by atoms with van der Waals surface area (Å²) in [5, 5.41) is 17.7. The highest BCUT2D eigenvalue weighted by molar-refractivity contribution is 5.54. The molecular formula is C18H23N7O2. The van der Waals surface area contributed by atoms with Crippen LogP contribution in [-0.4, -0.2) is 68.4 Å². The number of aliphatic hydroxyl groups excluding tert-OH is 1. The van der Waals surface area contributed by atoms with Crippen LogP contribution < -0.4 is 11.1 Å². The summed E-state index contributed by atoms with van der Waals surface area (Å²) in [5.74, 6) is 1.85. The molecule has 9 nitrogen and oxygen atoms in total. The second-order valence-electron chi connectivity index (χ2n) is 7.38. The zero-order valence-corrected chi connectivity index (χ0v) is 15.0. The Morgan fingerprint density at radius 2 is 2.30 bits per heavy atom. The smallest absolute Gasteiger partial charge is 0.223 e. The van der Waals surface area contributed by atoms with Crippen LogP contribution in [0.25, 0.3) is 17.2 Å². The summed E-state index contributed by atoms with van der Waals surface area (Å²) in [5.41, 5.74) is 7.78. The summed E-state index contributed by atoms with van der Waals surface area (Å²) >= 11 is 0. The molecule has 0 radical (unpaired) electrons. The van der Waals surface area contributed by atoms with Crippen LogP contribution in [0.5, 0.6) is 0 Å². The van der Waals surface area contributed by atoms with Crippen molar-refractivity contribution in [3.63, 3.8) is 0 Å². The van der Waals surface area contributed by atoms with Crippen molar-refractivity contribution in [1.82, 2.24) is 29.8 Å². The Kier molecular flexibility index (Phi) is 4.07. The first-order valence-electron chi connectivity index (χ1n) is 9.35. The predicted octanol–water partition coefficient (Wildman–Crippen LogP) is 0.336. The first kappa shape index (κ1) is 16.7. The summed E-state index contributed by atoms with van der Waals surface area (Å²) < 4.78 is 6.94. The summed E-state index contributed by atoms with van der Waals surface area (Å²) in [4.78, 5) is 11.7. The molecule has 0 saturated carbocycles. The van der Waals surface area contributed by atoms with Gasteiger partial charge < -0.3 is 20.6 Å². The highest BCUT2D eigenvalue weighted by Gasteiger charge is 2.39. The van der Waals surface area contributed by atoms with Crippen LogP contribution in [0.1, 0.15) is 18.0 Å². The van der Waals surface area contributed by atoms with Crippen molar-refractivity contribution in [2.75, 3.05) is 38.5 Å². The molecule has 3 unspecified atom stereocenters. The van der Waals surface area contributed by atoms with Gasteiger partial charge in [-0.25, -0.2) is 9.97 Å². The van der Waals surface area contributed by atoms with Gasteiger partial charge in [0.15, 0.2) is 11.4 Å². The topological polar surface area (TPSA) is 118 Å². The standard InChI is InChI=1S/C18H23N7O2/c19-18-21-13(7-16-22-17(23-25(16)18)15-2-1-5-27-15)12-6-11(10-26)9-24-4-3-20-8-14(12)24/h1-2,5,7,11-12,14,20,26H,3-4,6,8-10H2,(H2,19,21). The molecule has 3 atom stereocenters. The van der Waals surface area contributed by atoms with Crippen LogP contribution in [0.2, 0.25) is 0 Å². The van der Waals surface area contributed by atoms with Gasteiger partial charge >= 0.3 is 0 Å². The molecule has 2 saturated heterocycles. The van der Waals surface area contributed by atoms with E-state index in [9.17, 15) is 5.11 Å². The number of nitrogens with zero attached hydrogens (tertiary/aromatic N) is 5. The fourth-order valence-corrected chi connectivity index (χ4v) is 4.39. The lowest BCUT2D eigenvalue weighted by Crippen LogP contribution is -2.58. The number of fused-ring (bicyclic) bond motifs is 2. The van der Waals surface area contributed by atoms with Gasteiger partial charge in [0.05, 0.1) is 12.0 Å². The Labute approximate surface area is 156 Å². The van der Waals surface area contributed by atoms with Crippen LogP contribution in [0.3, 0.4) is 0 Å². The molecule has 0 aromatic carbocycles. The van der Waals surface area contributed by atoms with Crippen molar-refractivity contribution in [2.24, 2.45) is 5.92 Å². The van der Waals surface area contributed by atoms with Gasteiger partial charge in [0.1, 0.15) is 0 Å². The average molecular weight is 369 g/mol. The maximum Gasteiger partial charge on any atom is 0.223 e. The number of piperidine rings is 1. The van der Waals surface area contributed by atoms with E-state index in [1.54, 1.807) is 16.8 Å². The molecule has 5 heterocycles. The first-order chi connectivity index (χ1) is 13.2. The molecule has 9 heteroatoms. The summed E-state index contributed by atoms with van der Waals surface area (Å²) in [6.07, 6.45) is 2.48. The lowest BCUT2D eigenvalue weighted by molar-refractivity contribution is 0.0425. The van der Waals surface area contributed by atoms with Crippen LogP contribution >= 0.6 is 0 Å². The summed E-state index contributed by atoms with van der Waals surface area (Å²) in [7, 11) is 0. The van der Waals surface area contributed by atoms with E-state index in [4.69, 9.17) is 10.2 Å². The Bertz CT molecular complexity index is 939. The van der Waals surface area contributed by atoms with Gasteiger partial charge in [-0.3, -0.25) is 4.90 Å². The van der Waals surface area contributed by atoms with Crippen molar-refractivity contribution in [3.05, 3.63) is 30.2 Å². The lowest BCUT2D eigenvalue weighted by atomic mass is 9.80. The Morgan fingerprint density at radius 3 is 3.11 bits per heavy atom. The summed E-state index contributed by atoms with van der Waals surface area (Å²) in [6.45, 7) is 4.01. The van der Waals surface area contributed by atoms with E-state index in [0.29, 0.717) is 29.2 Å². The summed E-state index contributed by atoms with van der Waals surface area (Å²) in [6, 6.07) is 5.93. The van der Waals surface area contributed by atoms with Crippen LogP contribution in [0, 0.1) is 5.92 Å². The third kappa shape index (κ3) is 2.88. The second kappa shape index (κ2) is 6.59. The number of rotatable bonds is 3. The maximum atomic E-state index is 9.76. The normalized spacial score (nSPS) is 26.3. The van der Waals surface area contributed by atoms with Gasteiger partial charge in [-0.05, 0) is 24.5 Å². The highest BCUT2D eigenvalue weighted by atomic mass is 16.3. The fraction of sp³-hybridized carbons (Fsp3) is 0.500. The van der Waals surface area contributed by atoms with E-state index in [-0.39, 0.29) is 18.4 Å². The lowest BCUT2D eigenvalue weighted by Gasteiger charge is -2.47. The molecule has 0 amide bonds. The van der Waals surface area contributed by atoms with Gasteiger partial charge in [-0.2, -0.15) is 4.52 Å². The third-order valence-electron chi connectivity index (χ3n) is 5.69. The highest BCUT2D eigenvalue weighted by Crippen LogP contribution is 2.36. The van der Waals surface area contributed by atoms with Gasteiger partial charge in [-0.15, -0.1) is 5.10 Å². The molecule has 3 aromatic heterocycles. The van der Waals surface area contributed by atoms with E-state index in [2.05, 4.69) is 25.3 Å². The van der Waals surface area contributed by atoms with Crippen molar-refractivity contribution >= 4 is 11.6 Å². The third-order valence-corrected chi connectivity index (χ3v) is 5.69. The van der Waals surface area contributed by atoms with E-state index >= 15 is 0 Å². The molecule has 2 fully saturated rings. The van der Waals surface area contributed by atoms with Crippen LogP contribution in [0.15, 0.2) is 28.9 Å². The monoisotopic (exact) mass is 369 g/mol. The number of nitrogen functional groups attached to an aromatic ring is 1. The van der Waals surface area contributed by atoms with Crippen LogP contribution in [0.4, 0.5) is 5.95 Å². The molecule has 0 bridgehead atoms. The molecule has 2 aliphatic heterocycles. The van der Waals surface area contributed by atoms with Crippen molar-refractivity contribution in [3.8, 4) is 11.6 Å². The minimum atomic E-state index is 0.193. The van der Waals surface area contributed by atoms with Crippen LogP contribution in [-0.2, 0) is 0 Å². The minimum Gasteiger partial charge on any atom is -0.461 e. The predicted molar refractivity (Wildman–Crippen MR) is 99.1 cm³/mol. The number of hydrogen-bond acceptors (Lipinski definition) is 8. The van der Waals surface area contributed by atoms with Crippen molar-refractivity contribution < 1.29 is 9.52 Å². The molecule has 3 aromatic rings. The number of aliphatic hydroxyl groups is 1. The van der Waals surface area contributed by atoms with E-state index < -0.39 is 0 Å². The SMILES string of the molecule is Nc1nc(C2CC(CO)CN3CCNCC23)cc2nc(-c3ccco3)nn12. The number of hydrogen-bond donors (Lipinski definition) is 3. The zero-order chi connectivity index (χ0) is 18.4. The number of furan rings is 1. The van der Waals surface area contributed by atoms with E-state index in [0.717, 1.165) is 38.3 Å². The molecule has 5 rings (SSSR count). The largest absolute Gasteiger partial charge is 0.461 e. The maximum absolute atomic E-state index is 9.76. The Balaban J connectivity index is 1.55. The molecule has 2 aliphatic rings. The number of piperazine rings is 1. The molecule has 0 spiro atoms. The van der Waals surface area contributed by atoms with Gasteiger partial charge in [-0.1, -0.05) is 0 Å². The molecule has 0 aliphatic carbocycles. The second-order valence-corrected chi connectivity index (χ2v) is 7.38. The van der Waals surface area contributed by atoms with Gasteiger partial charge in [0.25, 0.3) is 0 Å². The fourth-order valence-electron chi connectivity index (χ4n) is 4.39. The molecule has 142 valence electrons. The molecule has 4 N–H and O–H groups in total. The van der Waals surface area contributed by atoms with Gasteiger partial charge in [0.2, 0.25) is 11.8 Å². The number of nitrogens with one attached hydrogen (secondary N) is 1. The minimum absolute atomic E-state index is 0.193. The quantitative estimate of drug-likeness (QED) is 0.605. The first-order valence-corrected chi connectivity index (χ1v) is 9.35. The number of anilines is 1. The Hall–Kier alpha value is -2.49. The Morgan fingerprint density at radius 1 is 1.37 bits per heavy atom. The van der Waals surface area contributed by atoms with Crippen molar-refractivity contribution in [2.45, 2.75) is 18.4 Å². The average Bonchev–Trinajstić information content (AvgIpc) is 3.36. The van der Waals surface area contributed by atoms with Crippen molar-refractivity contribution in [1.29, 1.82) is 0 Å². The molecule has 27 heavy (non-hydrogen) atoms. The zero-order valence-electron chi connectivity index (χ0n) is 15.0. The molecular weight excluding hydrogens is 346 g/mol. The van der Waals surface area contributed by atoms with E-state index in [1.807, 2.05) is 12.1 Å².